The molecule has 1 atom stereocenters. The fourth-order valence-corrected chi connectivity index (χ4v) is 3.23. The van der Waals surface area contributed by atoms with Gasteiger partial charge in [-0.3, -0.25) is 4.79 Å². The van der Waals surface area contributed by atoms with Crippen molar-refractivity contribution in [3.05, 3.63) is 72.5 Å². The molecular formula is C22H16FN3O3. The lowest BCUT2D eigenvalue weighted by atomic mass is 10.2. The number of benzene rings is 3. The van der Waals surface area contributed by atoms with Crippen LogP contribution < -0.4 is 14.8 Å². The van der Waals surface area contributed by atoms with E-state index in [2.05, 4.69) is 15.3 Å². The second kappa shape index (κ2) is 6.94. The summed E-state index contributed by atoms with van der Waals surface area (Å²) in [5.41, 5.74) is 2.69. The second-order valence-corrected chi connectivity index (χ2v) is 6.68. The molecule has 2 heterocycles. The Hall–Kier alpha value is -3.87. The van der Waals surface area contributed by atoms with Gasteiger partial charge in [0.15, 0.2) is 11.5 Å². The summed E-state index contributed by atoms with van der Waals surface area (Å²) in [7, 11) is 0. The fraction of sp³-hybridized carbons (Fsp3) is 0.0909. The first-order chi connectivity index (χ1) is 14.2. The molecule has 1 aromatic heterocycles. The summed E-state index contributed by atoms with van der Waals surface area (Å²) in [6, 6.07) is 18.8. The Bertz CT molecular complexity index is 1220. The zero-order valence-corrected chi connectivity index (χ0v) is 15.2. The molecule has 2 N–H and O–H groups in total. The SMILES string of the molecule is O=C(Nc1ccc2nc(-c3cccc(F)c3)[nH]c2c1)C1COc2ccccc2O1. The van der Waals surface area contributed by atoms with E-state index in [0.29, 0.717) is 34.1 Å². The number of H-pyrrole nitrogens is 1. The molecular weight excluding hydrogens is 373 g/mol. The molecule has 0 aliphatic carbocycles. The van der Waals surface area contributed by atoms with E-state index in [1.165, 1.54) is 12.1 Å². The smallest absolute Gasteiger partial charge is 0.269 e. The van der Waals surface area contributed by atoms with Crippen LogP contribution in [0.1, 0.15) is 0 Å². The van der Waals surface area contributed by atoms with Crippen LogP contribution in [0, 0.1) is 5.82 Å². The summed E-state index contributed by atoms with van der Waals surface area (Å²) >= 11 is 0. The zero-order chi connectivity index (χ0) is 19.8. The standard InChI is InChI=1S/C22H16FN3O3/c23-14-5-3-4-13(10-14)21-25-16-9-8-15(11-17(16)26-21)24-22(27)20-12-28-18-6-1-2-7-19(18)29-20/h1-11,20H,12H2,(H,24,27)(H,25,26). The van der Waals surface area contributed by atoms with Crippen LogP contribution in [0.3, 0.4) is 0 Å². The highest BCUT2D eigenvalue weighted by atomic mass is 19.1. The first kappa shape index (κ1) is 17.2. The number of aromatic amines is 1. The minimum Gasteiger partial charge on any atom is -0.485 e. The molecule has 1 unspecified atom stereocenters. The molecule has 0 fully saturated rings. The number of halogens is 1. The van der Waals surface area contributed by atoms with Crippen molar-refractivity contribution < 1.29 is 18.7 Å². The Balaban J connectivity index is 1.35. The summed E-state index contributed by atoms with van der Waals surface area (Å²) in [5, 5.41) is 2.84. The fourth-order valence-electron chi connectivity index (χ4n) is 3.23. The highest BCUT2D eigenvalue weighted by Crippen LogP contribution is 2.31. The average molecular weight is 389 g/mol. The van der Waals surface area contributed by atoms with Crippen LogP contribution in [-0.2, 0) is 4.79 Å². The molecule has 1 amide bonds. The quantitative estimate of drug-likeness (QED) is 0.552. The number of fused-ring (bicyclic) bond motifs is 2. The van der Waals surface area contributed by atoms with Crippen molar-refractivity contribution >= 4 is 22.6 Å². The maximum absolute atomic E-state index is 13.5. The lowest BCUT2D eigenvalue weighted by Gasteiger charge is -2.25. The number of carbonyl (C=O) groups is 1. The van der Waals surface area contributed by atoms with Gasteiger partial charge in [-0.1, -0.05) is 24.3 Å². The molecule has 4 aromatic rings. The van der Waals surface area contributed by atoms with E-state index >= 15 is 0 Å². The number of carbonyl (C=O) groups excluding carboxylic acids is 1. The third-order valence-electron chi connectivity index (χ3n) is 4.65. The van der Waals surface area contributed by atoms with Gasteiger partial charge in [-0.2, -0.15) is 0 Å². The number of nitrogens with zero attached hydrogens (tertiary/aromatic N) is 1. The van der Waals surface area contributed by atoms with E-state index in [1.807, 2.05) is 12.1 Å². The van der Waals surface area contributed by atoms with Crippen LogP contribution in [0.5, 0.6) is 11.5 Å². The van der Waals surface area contributed by atoms with Gasteiger partial charge < -0.3 is 19.8 Å². The van der Waals surface area contributed by atoms with Crippen LogP contribution >= 0.6 is 0 Å². The lowest BCUT2D eigenvalue weighted by molar-refractivity contribution is -0.125. The predicted octanol–water partition coefficient (Wildman–Crippen LogP) is 4.15. The largest absolute Gasteiger partial charge is 0.485 e. The van der Waals surface area contributed by atoms with Crippen LogP contribution in [0.4, 0.5) is 10.1 Å². The minimum absolute atomic E-state index is 0.138. The van der Waals surface area contributed by atoms with Crippen molar-refractivity contribution in [1.82, 2.24) is 9.97 Å². The number of aromatic nitrogens is 2. The molecule has 5 rings (SSSR count). The number of rotatable bonds is 3. The molecule has 7 heteroatoms. The molecule has 1 aliphatic heterocycles. The van der Waals surface area contributed by atoms with E-state index in [9.17, 15) is 9.18 Å². The molecule has 29 heavy (non-hydrogen) atoms. The van der Waals surface area contributed by atoms with E-state index in [-0.39, 0.29) is 18.3 Å². The first-order valence-corrected chi connectivity index (χ1v) is 9.11. The first-order valence-electron chi connectivity index (χ1n) is 9.11. The summed E-state index contributed by atoms with van der Waals surface area (Å²) < 4.78 is 24.8. The number of anilines is 1. The van der Waals surface area contributed by atoms with Crippen LogP contribution in [0.2, 0.25) is 0 Å². The molecule has 0 saturated heterocycles. The third kappa shape index (κ3) is 3.38. The van der Waals surface area contributed by atoms with E-state index in [4.69, 9.17) is 9.47 Å². The maximum atomic E-state index is 13.5. The number of hydrogen-bond acceptors (Lipinski definition) is 4. The molecule has 1 aliphatic rings. The number of nitrogens with one attached hydrogen (secondary N) is 2. The van der Waals surface area contributed by atoms with Crippen molar-refractivity contribution in [3.8, 4) is 22.9 Å². The van der Waals surface area contributed by atoms with Gasteiger partial charge in [-0.05, 0) is 42.5 Å². The Morgan fingerprint density at radius 3 is 2.79 bits per heavy atom. The van der Waals surface area contributed by atoms with Crippen molar-refractivity contribution in [2.24, 2.45) is 0 Å². The van der Waals surface area contributed by atoms with Crippen LogP contribution in [0.25, 0.3) is 22.4 Å². The Morgan fingerprint density at radius 2 is 1.93 bits per heavy atom. The third-order valence-corrected chi connectivity index (χ3v) is 4.65. The number of hydrogen-bond donors (Lipinski definition) is 2. The summed E-state index contributed by atoms with van der Waals surface area (Å²) in [5.74, 6) is 1.10. The highest BCUT2D eigenvalue weighted by Gasteiger charge is 2.27. The van der Waals surface area contributed by atoms with Crippen molar-refractivity contribution in [2.45, 2.75) is 6.10 Å². The summed E-state index contributed by atoms with van der Waals surface area (Å²) in [6.07, 6.45) is -0.745. The highest BCUT2D eigenvalue weighted by molar-refractivity contribution is 5.96. The Labute approximate surface area is 165 Å². The average Bonchev–Trinajstić information content (AvgIpc) is 3.17. The molecule has 3 aromatic carbocycles. The molecule has 144 valence electrons. The molecule has 6 nitrogen and oxygen atoms in total. The second-order valence-electron chi connectivity index (χ2n) is 6.68. The Morgan fingerprint density at radius 1 is 1.07 bits per heavy atom. The van der Waals surface area contributed by atoms with Gasteiger partial charge >= 0.3 is 0 Å². The molecule has 0 spiro atoms. The van der Waals surface area contributed by atoms with E-state index in [1.54, 1.807) is 42.5 Å². The number of amides is 1. The summed E-state index contributed by atoms with van der Waals surface area (Å²) in [4.78, 5) is 20.2. The monoisotopic (exact) mass is 389 g/mol. The number of para-hydroxylation sites is 2. The van der Waals surface area contributed by atoms with Crippen LogP contribution in [0.15, 0.2) is 66.7 Å². The van der Waals surface area contributed by atoms with Gasteiger partial charge in [0.25, 0.3) is 5.91 Å². The minimum atomic E-state index is -0.745. The van der Waals surface area contributed by atoms with Gasteiger partial charge in [-0.15, -0.1) is 0 Å². The molecule has 0 saturated carbocycles. The van der Waals surface area contributed by atoms with E-state index < -0.39 is 6.10 Å². The van der Waals surface area contributed by atoms with Crippen LogP contribution in [-0.4, -0.2) is 28.6 Å². The van der Waals surface area contributed by atoms with Gasteiger partial charge in [-0.25, -0.2) is 9.37 Å². The van der Waals surface area contributed by atoms with E-state index in [0.717, 1.165) is 5.52 Å². The van der Waals surface area contributed by atoms with Gasteiger partial charge in [0, 0.05) is 11.3 Å². The Kier molecular flexibility index (Phi) is 4.13. The van der Waals surface area contributed by atoms with Gasteiger partial charge in [0.2, 0.25) is 6.10 Å². The van der Waals surface area contributed by atoms with Gasteiger partial charge in [0.05, 0.1) is 11.0 Å². The summed E-state index contributed by atoms with van der Waals surface area (Å²) in [6.45, 7) is 0.138. The van der Waals surface area contributed by atoms with Crippen molar-refractivity contribution in [1.29, 1.82) is 0 Å². The number of imidazole rings is 1. The normalized spacial score (nSPS) is 15.3. The van der Waals surface area contributed by atoms with Gasteiger partial charge in [0.1, 0.15) is 18.2 Å². The van der Waals surface area contributed by atoms with Crippen molar-refractivity contribution in [3.63, 3.8) is 0 Å². The molecule has 0 radical (unpaired) electrons. The topological polar surface area (TPSA) is 76.2 Å². The van der Waals surface area contributed by atoms with Crippen molar-refractivity contribution in [2.75, 3.05) is 11.9 Å². The lowest BCUT2D eigenvalue weighted by Crippen LogP contribution is -2.40. The zero-order valence-electron chi connectivity index (χ0n) is 15.2. The molecule has 0 bridgehead atoms. The number of ether oxygens (including phenoxy) is 2. The predicted molar refractivity (Wildman–Crippen MR) is 106 cm³/mol. The maximum Gasteiger partial charge on any atom is 0.269 e.